The second kappa shape index (κ2) is 6.09. The Morgan fingerprint density at radius 3 is 2.59 bits per heavy atom. The standard InChI is InChI=1S/C23H35NO3/c1-21(2,3)24-20(26)17-8-7-15-14-6-9-18-23(5,13-11-19(25)27-18)16(14)10-12-22(15,17)4/h9,14-17H,6-8,10-13H2,1-5H3,(H,24,26). The van der Waals surface area contributed by atoms with Crippen LogP contribution in [-0.2, 0) is 14.3 Å². The van der Waals surface area contributed by atoms with Gasteiger partial charge in [-0.1, -0.05) is 13.8 Å². The van der Waals surface area contributed by atoms with E-state index in [0.29, 0.717) is 24.2 Å². The van der Waals surface area contributed by atoms with Gasteiger partial charge in [-0.05, 0) is 88.5 Å². The van der Waals surface area contributed by atoms with E-state index in [9.17, 15) is 9.59 Å². The topological polar surface area (TPSA) is 55.4 Å². The lowest BCUT2D eigenvalue weighted by molar-refractivity contribution is -0.153. The molecule has 3 aliphatic carbocycles. The van der Waals surface area contributed by atoms with Crippen molar-refractivity contribution in [1.82, 2.24) is 5.32 Å². The number of allylic oxidation sites excluding steroid dienone is 2. The minimum Gasteiger partial charge on any atom is -0.431 e. The van der Waals surface area contributed by atoms with Gasteiger partial charge in [-0.25, -0.2) is 0 Å². The van der Waals surface area contributed by atoms with Gasteiger partial charge >= 0.3 is 5.97 Å². The molecule has 2 saturated carbocycles. The first kappa shape index (κ1) is 19.0. The van der Waals surface area contributed by atoms with Crippen LogP contribution in [0.1, 0.15) is 79.6 Å². The molecule has 4 rings (SSSR count). The fourth-order valence-corrected chi connectivity index (χ4v) is 6.96. The SMILES string of the molecule is CC(C)(C)NC(=O)C1CCC2C3CC=C4OC(=O)CCC4(C)C3CCC12C. The fraction of sp³-hybridized carbons (Fsp3) is 0.826. The average molecular weight is 374 g/mol. The first-order chi connectivity index (χ1) is 12.5. The maximum atomic E-state index is 13.0. The minimum atomic E-state index is -0.176. The van der Waals surface area contributed by atoms with Gasteiger partial charge in [0.05, 0.1) is 0 Å². The van der Waals surface area contributed by atoms with E-state index in [2.05, 4.69) is 46.0 Å². The number of ether oxygens (including phenoxy) is 1. The Morgan fingerprint density at radius 2 is 1.89 bits per heavy atom. The van der Waals surface area contributed by atoms with Crippen LogP contribution in [0.25, 0.3) is 0 Å². The Balaban J connectivity index is 1.59. The lowest BCUT2D eigenvalue weighted by Crippen LogP contribution is -2.53. The molecule has 0 aromatic rings. The van der Waals surface area contributed by atoms with Crippen LogP contribution in [0.15, 0.2) is 11.8 Å². The summed E-state index contributed by atoms with van der Waals surface area (Å²) < 4.78 is 5.65. The average Bonchev–Trinajstić information content (AvgIpc) is 2.91. The molecule has 1 N–H and O–H groups in total. The molecular formula is C23H35NO3. The van der Waals surface area contributed by atoms with Crippen LogP contribution >= 0.6 is 0 Å². The number of amides is 1. The number of hydrogen-bond donors (Lipinski definition) is 1. The van der Waals surface area contributed by atoms with E-state index in [0.717, 1.165) is 44.3 Å². The molecule has 1 saturated heterocycles. The van der Waals surface area contributed by atoms with Gasteiger partial charge in [0.2, 0.25) is 5.91 Å². The van der Waals surface area contributed by atoms with Crippen molar-refractivity contribution in [3.8, 4) is 0 Å². The van der Waals surface area contributed by atoms with Crippen molar-refractivity contribution < 1.29 is 14.3 Å². The molecular weight excluding hydrogens is 338 g/mol. The van der Waals surface area contributed by atoms with E-state index in [1.807, 2.05) is 0 Å². The molecule has 0 spiro atoms. The summed E-state index contributed by atoms with van der Waals surface area (Å²) in [6, 6.07) is 0. The van der Waals surface area contributed by atoms with E-state index >= 15 is 0 Å². The maximum Gasteiger partial charge on any atom is 0.310 e. The number of hydrogen-bond acceptors (Lipinski definition) is 3. The van der Waals surface area contributed by atoms with Crippen LogP contribution in [-0.4, -0.2) is 17.4 Å². The molecule has 6 atom stereocenters. The lowest BCUT2D eigenvalue weighted by Gasteiger charge is -2.56. The summed E-state index contributed by atoms with van der Waals surface area (Å²) in [5.41, 5.74) is -0.0713. The van der Waals surface area contributed by atoms with Gasteiger partial charge in [-0.15, -0.1) is 0 Å². The highest BCUT2D eigenvalue weighted by Gasteiger charge is 2.60. The van der Waals surface area contributed by atoms with Crippen molar-refractivity contribution in [2.45, 2.75) is 85.1 Å². The zero-order chi connectivity index (χ0) is 19.6. The van der Waals surface area contributed by atoms with E-state index in [1.165, 1.54) is 0 Å². The second-order valence-electron chi connectivity index (χ2n) is 11.0. The highest BCUT2D eigenvalue weighted by molar-refractivity contribution is 5.80. The third-order valence-corrected chi connectivity index (χ3v) is 8.28. The van der Waals surface area contributed by atoms with E-state index in [-0.39, 0.29) is 34.2 Å². The van der Waals surface area contributed by atoms with E-state index in [1.54, 1.807) is 0 Å². The van der Waals surface area contributed by atoms with Gasteiger partial charge in [0.15, 0.2) is 0 Å². The minimum absolute atomic E-state index is 0.00388. The number of carbonyl (C=O) groups is 2. The molecule has 0 bridgehead atoms. The summed E-state index contributed by atoms with van der Waals surface area (Å²) in [6.07, 6.45) is 9.06. The second-order valence-corrected chi connectivity index (χ2v) is 11.0. The van der Waals surface area contributed by atoms with Crippen molar-refractivity contribution in [2.75, 3.05) is 0 Å². The quantitative estimate of drug-likeness (QED) is 0.684. The molecule has 4 nitrogen and oxygen atoms in total. The number of nitrogens with one attached hydrogen (secondary N) is 1. The van der Waals surface area contributed by atoms with Crippen LogP contribution in [0.2, 0.25) is 0 Å². The van der Waals surface area contributed by atoms with Crippen LogP contribution in [0.3, 0.4) is 0 Å². The largest absolute Gasteiger partial charge is 0.431 e. The number of fused-ring (bicyclic) bond motifs is 5. The summed E-state index contributed by atoms with van der Waals surface area (Å²) in [5, 5.41) is 3.24. The molecule has 27 heavy (non-hydrogen) atoms. The first-order valence-corrected chi connectivity index (χ1v) is 10.8. The van der Waals surface area contributed by atoms with Gasteiger partial charge in [0.1, 0.15) is 5.76 Å². The van der Waals surface area contributed by atoms with E-state index in [4.69, 9.17) is 4.74 Å². The summed E-state index contributed by atoms with van der Waals surface area (Å²) in [5.74, 6) is 3.02. The highest BCUT2D eigenvalue weighted by atomic mass is 16.5. The molecule has 3 fully saturated rings. The molecule has 4 aliphatic rings. The van der Waals surface area contributed by atoms with E-state index < -0.39 is 0 Å². The van der Waals surface area contributed by atoms with Crippen LogP contribution in [0, 0.1) is 34.5 Å². The summed E-state index contributed by atoms with van der Waals surface area (Å²) in [7, 11) is 0. The van der Waals surface area contributed by atoms with Crippen molar-refractivity contribution in [1.29, 1.82) is 0 Å². The van der Waals surface area contributed by atoms with Crippen molar-refractivity contribution >= 4 is 11.9 Å². The van der Waals surface area contributed by atoms with Crippen molar-refractivity contribution in [2.24, 2.45) is 34.5 Å². The molecule has 0 radical (unpaired) electrons. The van der Waals surface area contributed by atoms with Crippen molar-refractivity contribution in [3.05, 3.63) is 11.8 Å². The van der Waals surface area contributed by atoms with Crippen molar-refractivity contribution in [3.63, 3.8) is 0 Å². The third kappa shape index (κ3) is 2.94. The molecule has 150 valence electrons. The number of esters is 1. The summed E-state index contributed by atoms with van der Waals surface area (Å²) in [6.45, 7) is 10.9. The Hall–Kier alpha value is -1.32. The summed E-state index contributed by atoms with van der Waals surface area (Å²) >= 11 is 0. The predicted molar refractivity (Wildman–Crippen MR) is 105 cm³/mol. The monoisotopic (exact) mass is 373 g/mol. The fourth-order valence-electron chi connectivity index (χ4n) is 6.96. The third-order valence-electron chi connectivity index (χ3n) is 8.28. The highest BCUT2D eigenvalue weighted by Crippen LogP contribution is 2.65. The molecule has 6 unspecified atom stereocenters. The Kier molecular flexibility index (Phi) is 4.29. The molecule has 1 heterocycles. The smallest absolute Gasteiger partial charge is 0.310 e. The van der Waals surface area contributed by atoms with Gasteiger partial charge in [0.25, 0.3) is 0 Å². The Bertz CT molecular complexity index is 690. The molecule has 1 amide bonds. The molecule has 1 aliphatic heterocycles. The first-order valence-electron chi connectivity index (χ1n) is 10.8. The zero-order valence-electron chi connectivity index (χ0n) is 17.6. The predicted octanol–water partition coefficient (Wildman–Crippen LogP) is 4.59. The van der Waals surface area contributed by atoms with Crippen LogP contribution < -0.4 is 5.32 Å². The molecule has 0 aromatic heterocycles. The van der Waals surface area contributed by atoms with Crippen LogP contribution in [0.4, 0.5) is 0 Å². The summed E-state index contributed by atoms with van der Waals surface area (Å²) in [4.78, 5) is 24.8. The normalized spacial score (nSPS) is 43.7. The Labute approximate surface area is 163 Å². The van der Waals surface area contributed by atoms with Gasteiger partial charge in [0, 0.05) is 23.3 Å². The lowest BCUT2D eigenvalue weighted by atomic mass is 9.49. The number of rotatable bonds is 1. The zero-order valence-corrected chi connectivity index (χ0v) is 17.6. The molecule has 0 aromatic carbocycles. The van der Waals surface area contributed by atoms with Crippen LogP contribution in [0.5, 0.6) is 0 Å². The van der Waals surface area contributed by atoms with Gasteiger partial charge in [-0.2, -0.15) is 0 Å². The van der Waals surface area contributed by atoms with Gasteiger partial charge in [-0.3, -0.25) is 9.59 Å². The number of carbonyl (C=O) groups excluding carboxylic acids is 2. The maximum absolute atomic E-state index is 13.0. The van der Waals surface area contributed by atoms with Gasteiger partial charge < -0.3 is 10.1 Å². The Morgan fingerprint density at radius 1 is 1.15 bits per heavy atom. The molecule has 4 heteroatoms.